The van der Waals surface area contributed by atoms with Gasteiger partial charge in [0.05, 0.1) is 5.56 Å². The largest absolute Gasteiger partial charge is 0.488 e. The van der Waals surface area contributed by atoms with Gasteiger partial charge in [-0.1, -0.05) is 35.9 Å². The van der Waals surface area contributed by atoms with Gasteiger partial charge in [0.1, 0.15) is 18.2 Å². The average molecular weight is 400 g/mol. The number of benzene rings is 3. The number of carboxylic acid groups (broad SMARTS) is 1. The van der Waals surface area contributed by atoms with Crippen molar-refractivity contribution in [1.29, 1.82) is 0 Å². The zero-order valence-corrected chi connectivity index (χ0v) is 16.0. The van der Waals surface area contributed by atoms with E-state index in [0.29, 0.717) is 34.1 Å². The van der Waals surface area contributed by atoms with Gasteiger partial charge in [-0.25, -0.2) is 9.18 Å². The van der Waals surface area contributed by atoms with Crippen LogP contribution in [-0.2, 0) is 13.2 Å². The van der Waals surface area contributed by atoms with Crippen LogP contribution in [0.5, 0.6) is 5.75 Å². The van der Waals surface area contributed by atoms with E-state index in [1.165, 1.54) is 6.07 Å². The van der Waals surface area contributed by atoms with Gasteiger partial charge in [-0.15, -0.1) is 0 Å². The maximum absolute atomic E-state index is 13.8. The third kappa shape index (κ3) is 4.61. The first kappa shape index (κ1) is 19.7. The van der Waals surface area contributed by atoms with Crippen LogP contribution in [0, 0.1) is 12.7 Å². The van der Waals surface area contributed by atoms with Gasteiger partial charge < -0.3 is 15.2 Å². The van der Waals surface area contributed by atoms with E-state index in [-0.39, 0.29) is 18.0 Å². The van der Waals surface area contributed by atoms with Crippen molar-refractivity contribution in [2.75, 3.05) is 5.32 Å². The summed E-state index contributed by atoms with van der Waals surface area (Å²) in [6, 6.07) is 16.7. The van der Waals surface area contributed by atoms with Gasteiger partial charge in [0.2, 0.25) is 0 Å². The van der Waals surface area contributed by atoms with Crippen LogP contribution in [0.2, 0.25) is 5.02 Å². The van der Waals surface area contributed by atoms with Crippen LogP contribution in [-0.4, -0.2) is 11.1 Å². The minimum absolute atomic E-state index is 0.0921. The standard InChI is InChI=1S/C22H19ClFNO3/c1-14-18(22(26)27)6-4-8-20(14)25-12-16-11-17(23)9-10-21(16)28-13-15-5-2-3-7-19(15)24/h2-11,25H,12-13H2,1H3,(H,26,27). The summed E-state index contributed by atoms with van der Waals surface area (Å²) in [6.07, 6.45) is 0. The number of hydrogen-bond donors (Lipinski definition) is 2. The molecule has 144 valence electrons. The molecule has 4 nitrogen and oxygen atoms in total. The molecule has 0 spiro atoms. The Morgan fingerprint density at radius 1 is 1.11 bits per heavy atom. The fraction of sp³-hybridized carbons (Fsp3) is 0.136. The topological polar surface area (TPSA) is 58.6 Å². The summed E-state index contributed by atoms with van der Waals surface area (Å²) < 4.78 is 19.6. The van der Waals surface area contributed by atoms with Crippen LogP contribution in [0.25, 0.3) is 0 Å². The first-order valence-electron chi connectivity index (χ1n) is 8.67. The lowest BCUT2D eigenvalue weighted by Crippen LogP contribution is -2.07. The minimum Gasteiger partial charge on any atom is -0.488 e. The molecule has 3 rings (SSSR count). The fourth-order valence-electron chi connectivity index (χ4n) is 2.85. The number of halogens is 2. The maximum Gasteiger partial charge on any atom is 0.336 e. The Kier molecular flexibility index (Phi) is 6.16. The molecule has 0 amide bonds. The highest BCUT2D eigenvalue weighted by molar-refractivity contribution is 6.30. The van der Waals surface area contributed by atoms with Crippen LogP contribution in [0.4, 0.5) is 10.1 Å². The molecule has 3 aromatic rings. The normalized spacial score (nSPS) is 10.5. The molecule has 0 aliphatic carbocycles. The second kappa shape index (κ2) is 8.76. The van der Waals surface area contributed by atoms with E-state index in [2.05, 4.69) is 5.32 Å². The molecular weight excluding hydrogens is 381 g/mol. The Morgan fingerprint density at radius 2 is 1.89 bits per heavy atom. The van der Waals surface area contributed by atoms with Crippen LogP contribution < -0.4 is 10.1 Å². The molecular formula is C22H19ClFNO3. The SMILES string of the molecule is Cc1c(NCc2cc(Cl)ccc2OCc2ccccc2F)cccc1C(=O)O. The first-order valence-corrected chi connectivity index (χ1v) is 9.05. The summed E-state index contributed by atoms with van der Waals surface area (Å²) in [6.45, 7) is 2.21. The van der Waals surface area contributed by atoms with E-state index in [1.807, 2.05) is 6.07 Å². The molecule has 0 aliphatic rings. The Bertz CT molecular complexity index is 1010. The lowest BCUT2D eigenvalue weighted by atomic mass is 10.1. The highest BCUT2D eigenvalue weighted by Crippen LogP contribution is 2.26. The van der Waals surface area contributed by atoms with E-state index in [9.17, 15) is 14.3 Å². The fourth-order valence-corrected chi connectivity index (χ4v) is 3.04. The number of anilines is 1. The van der Waals surface area contributed by atoms with Gasteiger partial charge in [-0.2, -0.15) is 0 Å². The van der Waals surface area contributed by atoms with E-state index in [4.69, 9.17) is 16.3 Å². The van der Waals surface area contributed by atoms with Crippen LogP contribution in [0.1, 0.15) is 27.0 Å². The quantitative estimate of drug-likeness (QED) is 0.536. The summed E-state index contributed by atoms with van der Waals surface area (Å²) in [5.74, 6) is -0.720. The average Bonchev–Trinajstić information content (AvgIpc) is 2.67. The molecule has 0 atom stereocenters. The van der Waals surface area contributed by atoms with Gasteiger partial charge in [-0.3, -0.25) is 0 Å². The van der Waals surface area contributed by atoms with E-state index < -0.39 is 5.97 Å². The summed E-state index contributed by atoms with van der Waals surface area (Å²) in [4.78, 5) is 11.3. The van der Waals surface area contributed by atoms with Crippen molar-refractivity contribution in [1.82, 2.24) is 0 Å². The van der Waals surface area contributed by atoms with Gasteiger partial charge in [0, 0.05) is 28.4 Å². The van der Waals surface area contributed by atoms with Crippen molar-refractivity contribution >= 4 is 23.3 Å². The molecule has 0 aliphatic heterocycles. The number of rotatable bonds is 7. The smallest absolute Gasteiger partial charge is 0.336 e. The first-order chi connectivity index (χ1) is 13.5. The van der Waals surface area contributed by atoms with E-state index in [0.717, 1.165) is 5.56 Å². The monoisotopic (exact) mass is 399 g/mol. The molecule has 0 fully saturated rings. The zero-order valence-electron chi connectivity index (χ0n) is 15.2. The number of aromatic carboxylic acids is 1. The zero-order chi connectivity index (χ0) is 20.1. The van der Waals surface area contributed by atoms with Crippen LogP contribution >= 0.6 is 11.6 Å². The number of hydrogen-bond acceptors (Lipinski definition) is 3. The Morgan fingerprint density at radius 3 is 2.64 bits per heavy atom. The molecule has 3 aromatic carbocycles. The lowest BCUT2D eigenvalue weighted by molar-refractivity contribution is 0.0696. The van der Waals surface area contributed by atoms with Crippen molar-refractivity contribution in [3.05, 3.63) is 93.8 Å². The van der Waals surface area contributed by atoms with Gasteiger partial charge >= 0.3 is 5.97 Å². The van der Waals surface area contributed by atoms with Gasteiger partial charge in [0.15, 0.2) is 0 Å². The second-order valence-electron chi connectivity index (χ2n) is 6.27. The molecule has 6 heteroatoms. The lowest BCUT2D eigenvalue weighted by Gasteiger charge is -2.15. The molecule has 0 saturated carbocycles. The van der Waals surface area contributed by atoms with Gasteiger partial charge in [-0.05, 0) is 48.9 Å². The second-order valence-corrected chi connectivity index (χ2v) is 6.71. The molecule has 0 unspecified atom stereocenters. The third-order valence-corrected chi connectivity index (χ3v) is 4.63. The summed E-state index contributed by atoms with van der Waals surface area (Å²) >= 11 is 6.12. The number of carboxylic acids is 1. The summed E-state index contributed by atoms with van der Waals surface area (Å²) in [7, 11) is 0. The van der Waals surface area contributed by atoms with E-state index >= 15 is 0 Å². The molecule has 0 radical (unpaired) electrons. The molecule has 2 N–H and O–H groups in total. The molecule has 0 aromatic heterocycles. The molecule has 28 heavy (non-hydrogen) atoms. The van der Waals surface area contributed by atoms with Crippen LogP contribution in [0.15, 0.2) is 60.7 Å². The van der Waals surface area contributed by atoms with Crippen molar-refractivity contribution in [2.24, 2.45) is 0 Å². The molecule has 0 heterocycles. The predicted octanol–water partition coefficient (Wildman–Crippen LogP) is 5.68. The van der Waals surface area contributed by atoms with Crippen LogP contribution in [0.3, 0.4) is 0 Å². The number of nitrogens with one attached hydrogen (secondary N) is 1. The Labute approximate surface area is 167 Å². The van der Waals surface area contributed by atoms with E-state index in [1.54, 1.807) is 55.5 Å². The molecule has 0 saturated heterocycles. The number of carbonyl (C=O) groups is 1. The maximum atomic E-state index is 13.8. The van der Waals surface area contributed by atoms with Crippen molar-refractivity contribution in [2.45, 2.75) is 20.1 Å². The third-order valence-electron chi connectivity index (χ3n) is 4.40. The predicted molar refractivity (Wildman–Crippen MR) is 108 cm³/mol. The van der Waals surface area contributed by atoms with Crippen molar-refractivity contribution in [3.63, 3.8) is 0 Å². The van der Waals surface area contributed by atoms with Gasteiger partial charge in [0.25, 0.3) is 0 Å². The minimum atomic E-state index is -0.974. The molecule has 0 bridgehead atoms. The summed E-state index contributed by atoms with van der Waals surface area (Å²) in [5.41, 5.74) is 2.84. The Balaban J connectivity index is 1.77. The van der Waals surface area contributed by atoms with Crippen molar-refractivity contribution < 1.29 is 19.0 Å². The highest BCUT2D eigenvalue weighted by Gasteiger charge is 2.12. The van der Waals surface area contributed by atoms with Crippen molar-refractivity contribution in [3.8, 4) is 5.75 Å². The Hall–Kier alpha value is -3.05. The number of ether oxygens (including phenoxy) is 1. The highest BCUT2D eigenvalue weighted by atomic mass is 35.5. The summed E-state index contributed by atoms with van der Waals surface area (Å²) in [5, 5.41) is 13.0.